The summed E-state index contributed by atoms with van der Waals surface area (Å²) in [5.74, 6) is 3.62. The number of esters is 1. The van der Waals surface area contributed by atoms with Gasteiger partial charge in [0, 0.05) is 38.5 Å². The Morgan fingerprint density at radius 3 is 2.59 bits per heavy atom. The summed E-state index contributed by atoms with van der Waals surface area (Å²) in [6.45, 7) is 11.9. The number of ether oxygens (including phenoxy) is 3. The summed E-state index contributed by atoms with van der Waals surface area (Å²) in [6, 6.07) is 0. The minimum absolute atomic E-state index is 0.0308. The number of hydrogen-bond acceptors (Lipinski definition) is 5. The Bertz CT molecular complexity index is 929. The molecule has 7 unspecified atom stereocenters. The van der Waals surface area contributed by atoms with Crippen LogP contribution in [0.25, 0.3) is 0 Å². The van der Waals surface area contributed by atoms with Crippen molar-refractivity contribution in [1.29, 1.82) is 0 Å². The van der Waals surface area contributed by atoms with Crippen molar-refractivity contribution in [3.63, 3.8) is 0 Å². The molecule has 0 aromatic heterocycles. The molecule has 6 rings (SSSR count). The van der Waals surface area contributed by atoms with Gasteiger partial charge in [-0.2, -0.15) is 0 Å². The molecule has 2 heterocycles. The third-order valence-corrected chi connectivity index (χ3v) is 11.5. The molecule has 2 aliphatic heterocycles. The predicted octanol–water partition coefficient (Wildman–Crippen LogP) is 5.81. The first-order chi connectivity index (χ1) is 16.1. The number of carbonyl (C=O) groups excluding carboxylic acids is 2. The van der Waals surface area contributed by atoms with E-state index in [1.807, 2.05) is 0 Å². The molecule has 0 bridgehead atoms. The molecule has 0 aromatic rings. The molecule has 188 valence electrons. The lowest BCUT2D eigenvalue weighted by Gasteiger charge is -2.58. The van der Waals surface area contributed by atoms with Gasteiger partial charge in [0.1, 0.15) is 11.5 Å². The van der Waals surface area contributed by atoms with E-state index in [9.17, 15) is 9.59 Å². The van der Waals surface area contributed by atoms with Crippen molar-refractivity contribution in [2.24, 2.45) is 46.3 Å². The van der Waals surface area contributed by atoms with E-state index in [1.54, 1.807) is 0 Å². The SMILES string of the molecule is CC(=O)OC1=C2CC(=O)CC[C@]2(C)C2CC[C@@]3(C)C(C[C@@H]4OC5(CCC(C)CO5)C(C)C43)C2C1. The van der Waals surface area contributed by atoms with Crippen LogP contribution >= 0.6 is 0 Å². The second-order valence-corrected chi connectivity index (χ2v) is 13.2. The number of fused-ring (bicyclic) bond motifs is 7. The first-order valence-corrected chi connectivity index (χ1v) is 13.8. The van der Waals surface area contributed by atoms with Crippen molar-refractivity contribution in [3.8, 4) is 0 Å². The van der Waals surface area contributed by atoms with E-state index in [-0.39, 0.29) is 28.7 Å². The Morgan fingerprint density at radius 2 is 1.88 bits per heavy atom. The maximum absolute atomic E-state index is 12.4. The van der Waals surface area contributed by atoms with Crippen LogP contribution in [0.2, 0.25) is 0 Å². The Balaban J connectivity index is 1.33. The first kappa shape index (κ1) is 23.2. The summed E-state index contributed by atoms with van der Waals surface area (Å²) in [7, 11) is 0. The molecule has 0 radical (unpaired) electrons. The van der Waals surface area contributed by atoms with Crippen LogP contribution in [-0.2, 0) is 23.8 Å². The summed E-state index contributed by atoms with van der Waals surface area (Å²) in [4.78, 5) is 24.5. The number of allylic oxidation sites excluding steroid dienone is 2. The van der Waals surface area contributed by atoms with E-state index in [4.69, 9.17) is 14.2 Å². The van der Waals surface area contributed by atoms with Crippen molar-refractivity contribution in [1.82, 2.24) is 0 Å². The lowest BCUT2D eigenvalue weighted by Crippen LogP contribution is -2.53. The Morgan fingerprint density at radius 1 is 1.09 bits per heavy atom. The highest BCUT2D eigenvalue weighted by Crippen LogP contribution is 2.71. The van der Waals surface area contributed by atoms with Crippen molar-refractivity contribution >= 4 is 11.8 Å². The zero-order valence-corrected chi connectivity index (χ0v) is 21.7. The van der Waals surface area contributed by atoms with Crippen LogP contribution in [0.5, 0.6) is 0 Å². The van der Waals surface area contributed by atoms with Gasteiger partial charge in [0.2, 0.25) is 0 Å². The fourth-order valence-electron chi connectivity index (χ4n) is 9.86. The summed E-state index contributed by atoms with van der Waals surface area (Å²) in [6.07, 6.45) is 8.79. The molecule has 5 heteroatoms. The molecular formula is C29H42O5. The molecule has 2 saturated heterocycles. The molecular weight excluding hydrogens is 428 g/mol. The monoisotopic (exact) mass is 470 g/mol. The minimum atomic E-state index is -0.384. The zero-order chi connectivity index (χ0) is 24.0. The number of Topliss-reactive ketones (excluding diaryl/α,β-unsaturated/α-hetero) is 1. The number of rotatable bonds is 1. The molecule has 3 saturated carbocycles. The topological polar surface area (TPSA) is 61.8 Å². The lowest BCUT2D eigenvalue weighted by molar-refractivity contribution is -0.272. The quantitative estimate of drug-likeness (QED) is 0.452. The van der Waals surface area contributed by atoms with Gasteiger partial charge in [0.15, 0.2) is 5.79 Å². The van der Waals surface area contributed by atoms with Gasteiger partial charge in [-0.1, -0.05) is 27.7 Å². The van der Waals surface area contributed by atoms with Gasteiger partial charge in [0.05, 0.1) is 12.7 Å². The molecule has 5 fully saturated rings. The molecule has 10 atom stereocenters. The van der Waals surface area contributed by atoms with E-state index >= 15 is 0 Å². The molecule has 0 N–H and O–H groups in total. The summed E-state index contributed by atoms with van der Waals surface area (Å²) in [5.41, 5.74) is 1.33. The molecule has 5 nitrogen and oxygen atoms in total. The van der Waals surface area contributed by atoms with Crippen LogP contribution < -0.4 is 0 Å². The molecule has 1 spiro atoms. The highest BCUT2D eigenvalue weighted by molar-refractivity contribution is 5.83. The smallest absolute Gasteiger partial charge is 0.307 e. The van der Waals surface area contributed by atoms with E-state index in [2.05, 4.69) is 27.7 Å². The highest BCUT2D eigenvalue weighted by Gasteiger charge is 2.69. The van der Waals surface area contributed by atoms with Crippen LogP contribution in [-0.4, -0.2) is 30.3 Å². The Labute approximate surface area is 204 Å². The van der Waals surface area contributed by atoms with Gasteiger partial charge in [-0.15, -0.1) is 0 Å². The first-order valence-electron chi connectivity index (χ1n) is 13.8. The third-order valence-electron chi connectivity index (χ3n) is 11.5. The van der Waals surface area contributed by atoms with Crippen LogP contribution in [0.4, 0.5) is 0 Å². The normalized spacial score (nSPS) is 52.1. The molecule has 34 heavy (non-hydrogen) atoms. The second-order valence-electron chi connectivity index (χ2n) is 13.2. The highest BCUT2D eigenvalue weighted by atomic mass is 16.7. The fourth-order valence-corrected chi connectivity index (χ4v) is 9.86. The van der Waals surface area contributed by atoms with Crippen molar-refractivity contribution in [2.45, 2.75) is 104 Å². The minimum Gasteiger partial charge on any atom is -0.431 e. The van der Waals surface area contributed by atoms with E-state index < -0.39 is 0 Å². The Hall–Kier alpha value is -1.20. The van der Waals surface area contributed by atoms with Crippen LogP contribution in [0, 0.1) is 46.3 Å². The molecule has 0 aromatic carbocycles. The van der Waals surface area contributed by atoms with Crippen molar-refractivity contribution in [2.75, 3.05) is 6.61 Å². The maximum Gasteiger partial charge on any atom is 0.307 e. The average molecular weight is 471 g/mol. The number of ketones is 1. The molecule has 0 amide bonds. The van der Waals surface area contributed by atoms with Gasteiger partial charge >= 0.3 is 5.97 Å². The third kappa shape index (κ3) is 3.11. The standard InChI is InChI=1S/C29H42O5/c1-16-6-11-29(32-15-16)17(2)26-25(34-29)14-22-20-13-24(33-18(3)30)23-12-19(31)7-9-27(23,4)21(20)8-10-28(22,26)5/h16-17,20-22,25-26H,6-15H2,1-5H3/t16?,17?,20?,21?,22?,25-,26?,27+,28-,29?/m0/s1. The zero-order valence-electron chi connectivity index (χ0n) is 21.7. The van der Waals surface area contributed by atoms with E-state index in [0.717, 1.165) is 43.6 Å². The fraction of sp³-hybridized carbons (Fsp3) is 0.862. The van der Waals surface area contributed by atoms with Gasteiger partial charge in [-0.05, 0) is 78.1 Å². The van der Waals surface area contributed by atoms with E-state index in [1.165, 1.54) is 26.2 Å². The summed E-state index contributed by atoms with van der Waals surface area (Å²) in [5, 5.41) is 0. The summed E-state index contributed by atoms with van der Waals surface area (Å²) >= 11 is 0. The van der Waals surface area contributed by atoms with Gasteiger partial charge in [-0.25, -0.2) is 0 Å². The molecule has 6 aliphatic rings. The second kappa shape index (κ2) is 7.65. The predicted molar refractivity (Wildman–Crippen MR) is 127 cm³/mol. The number of carbonyl (C=O) groups is 2. The Kier molecular flexibility index (Phi) is 5.22. The maximum atomic E-state index is 12.4. The van der Waals surface area contributed by atoms with Crippen LogP contribution in [0.1, 0.15) is 92.4 Å². The van der Waals surface area contributed by atoms with Crippen LogP contribution in [0.3, 0.4) is 0 Å². The van der Waals surface area contributed by atoms with Crippen molar-refractivity contribution in [3.05, 3.63) is 11.3 Å². The van der Waals surface area contributed by atoms with Crippen LogP contribution in [0.15, 0.2) is 11.3 Å². The average Bonchev–Trinajstić information content (AvgIpc) is 3.22. The van der Waals surface area contributed by atoms with E-state index in [0.29, 0.717) is 54.1 Å². The van der Waals surface area contributed by atoms with Gasteiger partial charge < -0.3 is 14.2 Å². The van der Waals surface area contributed by atoms with Gasteiger partial charge in [-0.3, -0.25) is 9.59 Å². The summed E-state index contributed by atoms with van der Waals surface area (Å²) < 4.78 is 19.2. The molecule has 4 aliphatic carbocycles. The van der Waals surface area contributed by atoms with Crippen molar-refractivity contribution < 1.29 is 23.8 Å². The number of hydrogen-bond donors (Lipinski definition) is 0. The van der Waals surface area contributed by atoms with Gasteiger partial charge in [0.25, 0.3) is 0 Å². The lowest BCUT2D eigenvalue weighted by atomic mass is 9.46. The largest absolute Gasteiger partial charge is 0.431 e.